The molecule has 8 nitrogen and oxygen atoms in total. The normalized spacial score (nSPS) is 15.4. The Bertz CT molecular complexity index is 684. The SMILES string of the molecule is CCNC(=NCCCN1CCN(C(=O)OC(C)(C)C)CC1)NCCc1csc(C)n1.I. The van der Waals surface area contributed by atoms with Gasteiger partial charge in [-0.3, -0.25) is 9.89 Å². The summed E-state index contributed by atoms with van der Waals surface area (Å²) in [5.74, 6) is 0.860. The van der Waals surface area contributed by atoms with E-state index in [1.807, 2.05) is 27.7 Å². The summed E-state index contributed by atoms with van der Waals surface area (Å²) in [5, 5.41) is 9.91. The highest BCUT2D eigenvalue weighted by Gasteiger charge is 2.25. The van der Waals surface area contributed by atoms with Gasteiger partial charge in [-0.15, -0.1) is 35.3 Å². The van der Waals surface area contributed by atoms with Gasteiger partial charge in [0.15, 0.2) is 5.96 Å². The van der Waals surface area contributed by atoms with Crippen molar-refractivity contribution in [3.63, 3.8) is 0 Å². The molecule has 31 heavy (non-hydrogen) atoms. The molecule has 0 unspecified atom stereocenters. The maximum Gasteiger partial charge on any atom is 0.410 e. The number of carbonyl (C=O) groups is 1. The molecule has 2 N–H and O–H groups in total. The molecule has 1 aliphatic heterocycles. The van der Waals surface area contributed by atoms with Crippen LogP contribution in [-0.4, -0.2) is 84.8 Å². The van der Waals surface area contributed by atoms with Gasteiger partial charge in [0.1, 0.15) is 5.60 Å². The van der Waals surface area contributed by atoms with E-state index in [1.165, 1.54) is 0 Å². The fourth-order valence-electron chi connectivity index (χ4n) is 3.14. The van der Waals surface area contributed by atoms with Crippen molar-refractivity contribution in [1.29, 1.82) is 0 Å². The number of carbonyl (C=O) groups excluding carboxylic acids is 1. The standard InChI is InChI=1S/C21H38N6O2S.HI/c1-6-22-19(24-10-8-18-16-30-17(2)25-18)23-9-7-11-26-12-14-27(15-13-26)20(28)29-21(3,4)5;/h16H,6-15H2,1-5H3,(H2,22,23,24);1H. The topological polar surface area (TPSA) is 82.1 Å². The van der Waals surface area contributed by atoms with E-state index in [1.54, 1.807) is 16.2 Å². The number of ether oxygens (including phenoxy) is 1. The molecule has 1 fully saturated rings. The molecule has 0 atom stereocenters. The number of guanidine groups is 1. The number of nitrogens with one attached hydrogen (secondary N) is 2. The molecule has 2 rings (SSSR count). The zero-order chi connectivity index (χ0) is 22.0. The molecule has 0 aromatic carbocycles. The average Bonchev–Trinajstić information content (AvgIpc) is 3.09. The minimum Gasteiger partial charge on any atom is -0.444 e. The van der Waals surface area contributed by atoms with Gasteiger partial charge in [0.2, 0.25) is 0 Å². The van der Waals surface area contributed by atoms with E-state index in [2.05, 4.69) is 37.8 Å². The maximum absolute atomic E-state index is 12.1. The Morgan fingerprint density at radius 3 is 2.55 bits per heavy atom. The molecule has 2 heterocycles. The summed E-state index contributed by atoms with van der Waals surface area (Å²) in [4.78, 5) is 25.5. The van der Waals surface area contributed by atoms with Crippen LogP contribution in [0.4, 0.5) is 4.79 Å². The molecule has 1 aromatic rings. The van der Waals surface area contributed by atoms with Crippen LogP contribution in [0.3, 0.4) is 0 Å². The van der Waals surface area contributed by atoms with Crippen LogP contribution in [0.2, 0.25) is 0 Å². The lowest BCUT2D eigenvalue weighted by molar-refractivity contribution is 0.0145. The Balaban J connectivity index is 0.00000480. The molecule has 1 aromatic heterocycles. The summed E-state index contributed by atoms with van der Waals surface area (Å²) < 4.78 is 5.46. The van der Waals surface area contributed by atoms with Gasteiger partial charge in [0, 0.05) is 64.2 Å². The highest BCUT2D eigenvalue weighted by Crippen LogP contribution is 2.12. The largest absolute Gasteiger partial charge is 0.444 e. The van der Waals surface area contributed by atoms with Crippen LogP contribution in [0.1, 0.15) is 44.8 Å². The van der Waals surface area contributed by atoms with Gasteiger partial charge in [-0.1, -0.05) is 0 Å². The fraction of sp³-hybridized carbons (Fsp3) is 0.762. The van der Waals surface area contributed by atoms with Gasteiger partial charge < -0.3 is 20.3 Å². The van der Waals surface area contributed by atoms with E-state index in [0.29, 0.717) is 0 Å². The third-order valence-electron chi connectivity index (χ3n) is 4.61. The first-order valence-electron chi connectivity index (χ1n) is 10.9. The smallest absolute Gasteiger partial charge is 0.410 e. The van der Waals surface area contributed by atoms with E-state index in [9.17, 15) is 4.79 Å². The first-order valence-corrected chi connectivity index (χ1v) is 11.8. The van der Waals surface area contributed by atoms with Crippen LogP contribution < -0.4 is 10.6 Å². The van der Waals surface area contributed by atoms with Gasteiger partial charge in [-0.2, -0.15) is 0 Å². The maximum atomic E-state index is 12.1. The summed E-state index contributed by atoms with van der Waals surface area (Å²) >= 11 is 1.69. The summed E-state index contributed by atoms with van der Waals surface area (Å²) in [6.45, 7) is 16.4. The zero-order valence-corrected chi connectivity index (χ0v) is 22.7. The van der Waals surface area contributed by atoms with E-state index in [-0.39, 0.29) is 30.1 Å². The van der Waals surface area contributed by atoms with Gasteiger partial charge in [0.25, 0.3) is 0 Å². The molecular formula is C21H39IN6O2S. The van der Waals surface area contributed by atoms with Crippen molar-refractivity contribution in [2.75, 3.05) is 52.4 Å². The minimum atomic E-state index is -0.441. The molecule has 0 radical (unpaired) electrons. The number of aliphatic imine (C=N–C) groups is 1. The van der Waals surface area contributed by atoms with Gasteiger partial charge in [-0.25, -0.2) is 9.78 Å². The lowest BCUT2D eigenvalue weighted by atomic mass is 10.2. The molecule has 1 amide bonds. The predicted octanol–water partition coefficient (Wildman–Crippen LogP) is 3.11. The molecule has 10 heteroatoms. The van der Waals surface area contributed by atoms with Crippen LogP contribution in [0.15, 0.2) is 10.4 Å². The number of rotatable bonds is 8. The van der Waals surface area contributed by atoms with Crippen molar-refractivity contribution >= 4 is 47.4 Å². The van der Waals surface area contributed by atoms with Crippen molar-refractivity contribution in [1.82, 2.24) is 25.4 Å². The van der Waals surface area contributed by atoms with E-state index in [4.69, 9.17) is 4.74 Å². The first kappa shape index (κ1) is 27.9. The Morgan fingerprint density at radius 2 is 1.97 bits per heavy atom. The summed E-state index contributed by atoms with van der Waals surface area (Å²) in [5.41, 5.74) is 0.690. The van der Waals surface area contributed by atoms with E-state index < -0.39 is 5.60 Å². The van der Waals surface area contributed by atoms with Crippen LogP contribution in [-0.2, 0) is 11.2 Å². The lowest BCUT2D eigenvalue weighted by Crippen LogP contribution is -2.50. The van der Waals surface area contributed by atoms with Crippen LogP contribution >= 0.6 is 35.3 Å². The molecule has 178 valence electrons. The highest BCUT2D eigenvalue weighted by atomic mass is 127. The number of aryl methyl sites for hydroxylation is 1. The number of hydrogen-bond acceptors (Lipinski definition) is 6. The number of amides is 1. The second kappa shape index (κ2) is 14.1. The van der Waals surface area contributed by atoms with Gasteiger partial charge >= 0.3 is 6.09 Å². The number of thiazole rings is 1. The van der Waals surface area contributed by atoms with Crippen molar-refractivity contribution in [2.24, 2.45) is 4.99 Å². The third-order valence-corrected chi connectivity index (χ3v) is 5.43. The molecule has 1 aliphatic rings. The highest BCUT2D eigenvalue weighted by molar-refractivity contribution is 14.0. The fourth-order valence-corrected chi connectivity index (χ4v) is 3.79. The number of halogens is 1. The number of aromatic nitrogens is 1. The summed E-state index contributed by atoms with van der Waals surface area (Å²) in [6, 6.07) is 0. The third kappa shape index (κ3) is 11.3. The second-order valence-corrected chi connectivity index (χ2v) is 9.52. The summed E-state index contributed by atoms with van der Waals surface area (Å²) in [6.07, 6.45) is 1.69. The molecular weight excluding hydrogens is 527 g/mol. The molecule has 0 saturated carbocycles. The zero-order valence-electron chi connectivity index (χ0n) is 19.6. The number of nitrogens with zero attached hydrogens (tertiary/aromatic N) is 4. The van der Waals surface area contributed by atoms with E-state index in [0.717, 1.165) is 81.9 Å². The number of hydrogen-bond donors (Lipinski definition) is 2. The Morgan fingerprint density at radius 1 is 1.26 bits per heavy atom. The lowest BCUT2D eigenvalue weighted by Gasteiger charge is -2.35. The first-order chi connectivity index (χ1) is 14.3. The summed E-state index contributed by atoms with van der Waals surface area (Å²) in [7, 11) is 0. The van der Waals surface area contributed by atoms with Crippen LogP contribution in [0.5, 0.6) is 0 Å². The van der Waals surface area contributed by atoms with Crippen molar-refractivity contribution in [2.45, 2.75) is 53.1 Å². The Kier molecular flexibility index (Phi) is 12.7. The monoisotopic (exact) mass is 566 g/mol. The van der Waals surface area contributed by atoms with E-state index >= 15 is 0 Å². The molecule has 0 aliphatic carbocycles. The van der Waals surface area contributed by atoms with Crippen LogP contribution in [0.25, 0.3) is 0 Å². The molecule has 1 saturated heterocycles. The quantitative estimate of drug-likeness (QED) is 0.218. The van der Waals surface area contributed by atoms with Crippen molar-refractivity contribution < 1.29 is 9.53 Å². The van der Waals surface area contributed by atoms with Crippen molar-refractivity contribution in [3.05, 3.63) is 16.1 Å². The average molecular weight is 567 g/mol. The van der Waals surface area contributed by atoms with Gasteiger partial charge in [-0.05, 0) is 41.0 Å². The minimum absolute atomic E-state index is 0. The Labute approximate surface area is 208 Å². The predicted molar refractivity (Wildman–Crippen MR) is 139 cm³/mol. The van der Waals surface area contributed by atoms with Gasteiger partial charge in [0.05, 0.1) is 10.7 Å². The second-order valence-electron chi connectivity index (χ2n) is 8.46. The molecule has 0 bridgehead atoms. The molecule has 0 spiro atoms. The van der Waals surface area contributed by atoms with Crippen LogP contribution in [0, 0.1) is 6.92 Å². The Hall–Kier alpha value is -1.14. The number of piperazine rings is 1. The van der Waals surface area contributed by atoms with Crippen molar-refractivity contribution in [3.8, 4) is 0 Å².